The van der Waals surface area contributed by atoms with Gasteiger partial charge in [-0.3, -0.25) is 0 Å². The molecule has 0 spiro atoms. The summed E-state index contributed by atoms with van der Waals surface area (Å²) in [6.07, 6.45) is 0.479. The first-order chi connectivity index (χ1) is 8.20. The molecule has 1 heterocycles. The molecular weight excluding hydrogens is 247 g/mol. The van der Waals surface area contributed by atoms with Gasteiger partial charge in [0.1, 0.15) is 0 Å². The van der Waals surface area contributed by atoms with Gasteiger partial charge in [-0.2, -0.15) is 0 Å². The molecule has 0 atom stereocenters. The predicted molar refractivity (Wildman–Crippen MR) is 61.7 cm³/mol. The Bertz CT molecular complexity index is 517. The van der Waals surface area contributed by atoms with Gasteiger partial charge in [0.25, 0.3) is 0 Å². The van der Waals surface area contributed by atoms with Gasteiger partial charge < -0.3 is 15.5 Å². The van der Waals surface area contributed by atoms with Crippen LogP contribution in [-0.4, -0.2) is 16.7 Å². The molecular formula is C10H10ClFN4O. The lowest BCUT2D eigenvalue weighted by Gasteiger charge is -2.03. The maximum atomic E-state index is 13.5. The zero-order valence-electron chi connectivity index (χ0n) is 8.78. The van der Waals surface area contributed by atoms with Crippen molar-refractivity contribution in [2.45, 2.75) is 6.42 Å². The Morgan fingerprint density at radius 1 is 1.41 bits per heavy atom. The standard InChI is InChI=1S/C10H10ClFN4O/c11-6-2-1-3-7(9(6)12)14-10-16-15-8(17-10)4-5-13/h1-3H,4-5,13H2,(H,14,16). The van der Waals surface area contributed by atoms with Crippen LogP contribution in [-0.2, 0) is 6.42 Å². The van der Waals surface area contributed by atoms with Gasteiger partial charge in [0.15, 0.2) is 5.82 Å². The van der Waals surface area contributed by atoms with E-state index in [2.05, 4.69) is 15.5 Å². The number of benzene rings is 1. The molecule has 3 N–H and O–H groups in total. The summed E-state index contributed by atoms with van der Waals surface area (Å²) in [6, 6.07) is 4.70. The molecule has 0 bridgehead atoms. The summed E-state index contributed by atoms with van der Waals surface area (Å²) in [5, 5.41) is 10.1. The summed E-state index contributed by atoms with van der Waals surface area (Å²) in [5.74, 6) is -0.162. The molecule has 0 aliphatic rings. The van der Waals surface area contributed by atoms with Crippen molar-refractivity contribution in [3.8, 4) is 0 Å². The van der Waals surface area contributed by atoms with Crippen molar-refractivity contribution >= 4 is 23.3 Å². The van der Waals surface area contributed by atoms with Crippen LogP contribution in [0.25, 0.3) is 0 Å². The Kier molecular flexibility index (Phi) is 3.55. The Labute approximate surface area is 102 Å². The highest BCUT2D eigenvalue weighted by Crippen LogP contribution is 2.24. The van der Waals surface area contributed by atoms with E-state index in [1.54, 1.807) is 6.07 Å². The van der Waals surface area contributed by atoms with Gasteiger partial charge in [-0.25, -0.2) is 4.39 Å². The lowest BCUT2D eigenvalue weighted by molar-refractivity contribution is 0.509. The van der Waals surface area contributed by atoms with Gasteiger partial charge in [-0.15, -0.1) is 5.10 Å². The molecule has 0 aliphatic heterocycles. The lowest BCUT2D eigenvalue weighted by atomic mass is 10.3. The fourth-order valence-corrected chi connectivity index (χ4v) is 1.42. The Morgan fingerprint density at radius 2 is 2.24 bits per heavy atom. The van der Waals surface area contributed by atoms with Crippen LogP contribution in [0.2, 0.25) is 5.02 Å². The summed E-state index contributed by atoms with van der Waals surface area (Å²) >= 11 is 5.64. The van der Waals surface area contributed by atoms with Crippen LogP contribution < -0.4 is 11.1 Å². The minimum Gasteiger partial charge on any atom is -0.408 e. The maximum absolute atomic E-state index is 13.5. The van der Waals surface area contributed by atoms with Gasteiger partial charge in [0.05, 0.1) is 10.7 Å². The van der Waals surface area contributed by atoms with Gasteiger partial charge >= 0.3 is 6.01 Å². The SMILES string of the molecule is NCCc1nnc(Nc2cccc(Cl)c2F)o1. The summed E-state index contributed by atoms with van der Waals surface area (Å²) in [7, 11) is 0. The molecule has 0 saturated heterocycles. The highest BCUT2D eigenvalue weighted by Gasteiger charge is 2.10. The largest absolute Gasteiger partial charge is 0.408 e. The summed E-state index contributed by atoms with van der Waals surface area (Å²) < 4.78 is 18.7. The highest BCUT2D eigenvalue weighted by molar-refractivity contribution is 6.31. The van der Waals surface area contributed by atoms with Crippen molar-refractivity contribution in [2.24, 2.45) is 5.73 Å². The number of nitrogens with one attached hydrogen (secondary N) is 1. The fraction of sp³-hybridized carbons (Fsp3) is 0.200. The van der Waals surface area contributed by atoms with E-state index in [9.17, 15) is 4.39 Å². The number of anilines is 2. The summed E-state index contributed by atoms with van der Waals surface area (Å²) in [4.78, 5) is 0. The van der Waals surface area contributed by atoms with Crippen LogP contribution >= 0.6 is 11.6 Å². The van der Waals surface area contributed by atoms with Crippen molar-refractivity contribution in [2.75, 3.05) is 11.9 Å². The first-order valence-electron chi connectivity index (χ1n) is 4.94. The number of hydrogen-bond acceptors (Lipinski definition) is 5. The smallest absolute Gasteiger partial charge is 0.320 e. The molecule has 1 aromatic heterocycles. The molecule has 0 unspecified atom stereocenters. The molecule has 17 heavy (non-hydrogen) atoms. The third kappa shape index (κ3) is 2.72. The predicted octanol–water partition coefficient (Wildman–Crippen LogP) is 2.11. The Balaban J connectivity index is 2.16. The quantitative estimate of drug-likeness (QED) is 0.876. The third-order valence-corrected chi connectivity index (χ3v) is 2.31. The van der Waals surface area contributed by atoms with E-state index in [1.807, 2.05) is 0 Å². The van der Waals surface area contributed by atoms with Crippen molar-refractivity contribution in [1.29, 1.82) is 0 Å². The van der Waals surface area contributed by atoms with Crippen LogP contribution in [0, 0.1) is 5.82 Å². The first kappa shape index (κ1) is 11.8. The van der Waals surface area contributed by atoms with E-state index in [1.165, 1.54) is 12.1 Å². The highest BCUT2D eigenvalue weighted by atomic mass is 35.5. The Hall–Kier alpha value is -1.66. The van der Waals surface area contributed by atoms with E-state index in [0.717, 1.165) is 0 Å². The second-order valence-electron chi connectivity index (χ2n) is 3.27. The van der Waals surface area contributed by atoms with E-state index < -0.39 is 5.82 Å². The molecule has 0 radical (unpaired) electrons. The fourth-order valence-electron chi connectivity index (χ4n) is 1.24. The van der Waals surface area contributed by atoms with Crippen LogP contribution in [0.4, 0.5) is 16.1 Å². The molecule has 0 aliphatic carbocycles. The number of nitrogens with two attached hydrogens (primary N) is 1. The molecule has 0 fully saturated rings. The monoisotopic (exact) mass is 256 g/mol. The average molecular weight is 257 g/mol. The van der Waals surface area contributed by atoms with Gasteiger partial charge in [-0.1, -0.05) is 22.8 Å². The van der Waals surface area contributed by atoms with Crippen molar-refractivity contribution < 1.29 is 8.81 Å². The number of aromatic nitrogens is 2. The number of rotatable bonds is 4. The van der Waals surface area contributed by atoms with Crippen molar-refractivity contribution in [1.82, 2.24) is 10.2 Å². The normalized spacial score (nSPS) is 10.5. The van der Waals surface area contributed by atoms with Gasteiger partial charge in [0.2, 0.25) is 5.89 Å². The molecule has 2 aromatic rings. The summed E-state index contributed by atoms with van der Waals surface area (Å²) in [5.41, 5.74) is 5.52. The first-order valence-corrected chi connectivity index (χ1v) is 5.32. The van der Waals surface area contributed by atoms with Crippen LogP contribution in [0.15, 0.2) is 22.6 Å². The molecule has 2 rings (SSSR count). The second kappa shape index (κ2) is 5.11. The van der Waals surface area contributed by atoms with E-state index >= 15 is 0 Å². The zero-order chi connectivity index (χ0) is 12.3. The van der Waals surface area contributed by atoms with E-state index in [-0.39, 0.29) is 16.7 Å². The molecule has 0 saturated carbocycles. The molecule has 0 amide bonds. The maximum Gasteiger partial charge on any atom is 0.320 e. The number of nitrogens with zero attached hydrogens (tertiary/aromatic N) is 2. The third-order valence-electron chi connectivity index (χ3n) is 2.02. The van der Waals surface area contributed by atoms with Crippen LogP contribution in [0.1, 0.15) is 5.89 Å². The molecule has 90 valence electrons. The van der Waals surface area contributed by atoms with E-state index in [4.69, 9.17) is 21.8 Å². The van der Waals surface area contributed by atoms with E-state index in [0.29, 0.717) is 18.9 Å². The summed E-state index contributed by atoms with van der Waals surface area (Å²) in [6.45, 7) is 0.410. The average Bonchev–Trinajstić information content (AvgIpc) is 2.73. The Morgan fingerprint density at radius 3 is 3.00 bits per heavy atom. The van der Waals surface area contributed by atoms with Crippen LogP contribution in [0.5, 0.6) is 0 Å². The topological polar surface area (TPSA) is 77.0 Å². The van der Waals surface area contributed by atoms with Crippen molar-refractivity contribution in [3.05, 3.63) is 34.9 Å². The van der Waals surface area contributed by atoms with Gasteiger partial charge in [-0.05, 0) is 12.1 Å². The minimum atomic E-state index is -0.562. The minimum absolute atomic E-state index is 0.0247. The zero-order valence-corrected chi connectivity index (χ0v) is 9.54. The van der Waals surface area contributed by atoms with Crippen LogP contribution in [0.3, 0.4) is 0 Å². The van der Waals surface area contributed by atoms with Gasteiger partial charge in [0, 0.05) is 13.0 Å². The molecule has 7 heteroatoms. The molecule has 5 nitrogen and oxygen atoms in total. The number of halogens is 2. The second-order valence-corrected chi connectivity index (χ2v) is 3.67. The lowest BCUT2D eigenvalue weighted by Crippen LogP contribution is -2.02. The molecule has 1 aromatic carbocycles. The number of hydrogen-bond donors (Lipinski definition) is 2. The van der Waals surface area contributed by atoms with Crippen molar-refractivity contribution in [3.63, 3.8) is 0 Å².